The zero-order chi connectivity index (χ0) is 10.8. The third-order valence-corrected chi connectivity index (χ3v) is 6.09. The van der Waals surface area contributed by atoms with E-state index in [1.807, 2.05) is 0 Å². The van der Waals surface area contributed by atoms with Crippen molar-refractivity contribution in [2.24, 2.45) is 16.7 Å². The summed E-state index contributed by atoms with van der Waals surface area (Å²) in [5, 5.41) is 0. The maximum absolute atomic E-state index is 2.50. The van der Waals surface area contributed by atoms with Crippen LogP contribution in [0, 0.1) is 16.7 Å². The van der Waals surface area contributed by atoms with Crippen molar-refractivity contribution in [3.8, 4) is 0 Å². The van der Waals surface area contributed by atoms with Crippen LogP contribution in [0.3, 0.4) is 0 Å². The first kappa shape index (κ1) is 10.5. The Balaban J connectivity index is 2.49. The fourth-order valence-electron chi connectivity index (χ4n) is 4.59. The molecule has 0 aromatic carbocycles. The molecule has 0 radical (unpaired) electrons. The monoisotopic (exact) mass is 195 g/mol. The van der Waals surface area contributed by atoms with Gasteiger partial charge in [-0.05, 0) is 57.0 Å². The normalized spacial score (nSPS) is 50.4. The molecule has 2 fully saturated rings. The van der Waals surface area contributed by atoms with Gasteiger partial charge in [-0.2, -0.15) is 0 Å². The Hall–Kier alpha value is -0.0400. The SMILES string of the molecule is CN(C)[C@@]1(C)C(C)(C)[C@@H]2CC[C@@]1(C)C2. The summed E-state index contributed by atoms with van der Waals surface area (Å²) in [5.74, 6) is 0.944. The molecular weight excluding hydrogens is 170 g/mol. The molecule has 0 N–H and O–H groups in total. The van der Waals surface area contributed by atoms with Gasteiger partial charge in [-0.25, -0.2) is 0 Å². The van der Waals surface area contributed by atoms with Gasteiger partial charge >= 0.3 is 0 Å². The average Bonchev–Trinajstić information content (AvgIpc) is 2.51. The summed E-state index contributed by atoms with van der Waals surface area (Å²) in [6.07, 6.45) is 4.32. The first-order valence-corrected chi connectivity index (χ1v) is 5.93. The Bertz CT molecular complexity index is 249. The zero-order valence-electron chi connectivity index (χ0n) is 10.6. The standard InChI is InChI=1S/C13H25N/c1-11(2)10-7-8-12(3,9-10)13(11,4)14(5)6/h10H,7-9H2,1-6H3/t10-,12+,13+/m1/s1. The highest BCUT2D eigenvalue weighted by atomic mass is 15.2. The van der Waals surface area contributed by atoms with Crippen molar-refractivity contribution in [1.82, 2.24) is 4.90 Å². The van der Waals surface area contributed by atoms with E-state index in [0.29, 0.717) is 16.4 Å². The summed E-state index contributed by atoms with van der Waals surface area (Å²) >= 11 is 0. The Labute approximate surface area is 88.9 Å². The summed E-state index contributed by atoms with van der Waals surface area (Å²) in [4.78, 5) is 2.48. The van der Waals surface area contributed by atoms with Crippen LogP contribution in [0.5, 0.6) is 0 Å². The van der Waals surface area contributed by atoms with Crippen molar-refractivity contribution in [3.63, 3.8) is 0 Å². The molecular formula is C13H25N. The third-order valence-electron chi connectivity index (χ3n) is 6.09. The highest BCUT2D eigenvalue weighted by molar-refractivity contribution is 5.19. The summed E-state index contributed by atoms with van der Waals surface area (Å²) in [6.45, 7) is 9.93. The fraction of sp³-hybridized carbons (Fsp3) is 1.00. The van der Waals surface area contributed by atoms with Crippen LogP contribution in [0.25, 0.3) is 0 Å². The molecule has 2 bridgehead atoms. The maximum Gasteiger partial charge on any atom is 0.0282 e. The number of rotatable bonds is 1. The van der Waals surface area contributed by atoms with Gasteiger partial charge in [0.05, 0.1) is 0 Å². The van der Waals surface area contributed by atoms with Crippen molar-refractivity contribution < 1.29 is 0 Å². The molecule has 2 rings (SSSR count). The molecule has 0 heterocycles. The van der Waals surface area contributed by atoms with Crippen LogP contribution < -0.4 is 0 Å². The lowest BCUT2D eigenvalue weighted by molar-refractivity contribution is -0.0565. The van der Waals surface area contributed by atoms with Crippen LogP contribution in [0.2, 0.25) is 0 Å². The molecule has 2 aliphatic rings. The molecule has 3 atom stereocenters. The molecule has 0 saturated heterocycles. The van der Waals surface area contributed by atoms with Crippen molar-refractivity contribution in [3.05, 3.63) is 0 Å². The summed E-state index contributed by atoms with van der Waals surface area (Å²) in [6, 6.07) is 0. The van der Waals surface area contributed by atoms with Gasteiger partial charge in [0, 0.05) is 5.54 Å². The van der Waals surface area contributed by atoms with Gasteiger partial charge in [-0.1, -0.05) is 20.8 Å². The predicted molar refractivity (Wildman–Crippen MR) is 61.3 cm³/mol. The van der Waals surface area contributed by atoms with Crippen LogP contribution in [0.1, 0.15) is 47.0 Å². The van der Waals surface area contributed by atoms with Crippen LogP contribution in [-0.2, 0) is 0 Å². The fourth-order valence-corrected chi connectivity index (χ4v) is 4.59. The third kappa shape index (κ3) is 0.856. The molecule has 82 valence electrons. The molecule has 0 amide bonds. The van der Waals surface area contributed by atoms with Crippen molar-refractivity contribution in [2.75, 3.05) is 14.1 Å². The highest BCUT2D eigenvalue weighted by Crippen LogP contribution is 2.69. The van der Waals surface area contributed by atoms with Crippen molar-refractivity contribution in [1.29, 1.82) is 0 Å². The predicted octanol–water partition coefficient (Wildman–Crippen LogP) is 3.15. The summed E-state index contributed by atoms with van der Waals surface area (Å²) in [7, 11) is 4.52. The van der Waals surface area contributed by atoms with Gasteiger partial charge in [0.2, 0.25) is 0 Å². The van der Waals surface area contributed by atoms with Crippen LogP contribution >= 0.6 is 0 Å². The van der Waals surface area contributed by atoms with Gasteiger partial charge in [0.1, 0.15) is 0 Å². The number of fused-ring (bicyclic) bond motifs is 2. The topological polar surface area (TPSA) is 3.24 Å². The van der Waals surface area contributed by atoms with Crippen LogP contribution in [-0.4, -0.2) is 24.5 Å². The second kappa shape index (κ2) is 2.55. The Morgan fingerprint density at radius 1 is 1.07 bits per heavy atom. The number of nitrogens with zero attached hydrogens (tertiary/aromatic N) is 1. The second-order valence-corrected chi connectivity index (χ2v) is 6.69. The molecule has 0 unspecified atom stereocenters. The van der Waals surface area contributed by atoms with E-state index in [0.717, 1.165) is 5.92 Å². The molecule has 2 saturated carbocycles. The van der Waals surface area contributed by atoms with E-state index >= 15 is 0 Å². The van der Waals surface area contributed by atoms with E-state index in [-0.39, 0.29) is 0 Å². The average molecular weight is 195 g/mol. The van der Waals surface area contributed by atoms with Gasteiger partial charge < -0.3 is 4.90 Å². The molecule has 2 aliphatic carbocycles. The van der Waals surface area contributed by atoms with Crippen LogP contribution in [0.4, 0.5) is 0 Å². The maximum atomic E-state index is 2.50. The van der Waals surface area contributed by atoms with Crippen molar-refractivity contribution >= 4 is 0 Å². The molecule has 0 aromatic heterocycles. The Morgan fingerprint density at radius 3 is 1.93 bits per heavy atom. The van der Waals surface area contributed by atoms with Gasteiger partial charge in [-0.15, -0.1) is 0 Å². The van der Waals surface area contributed by atoms with Crippen molar-refractivity contribution in [2.45, 2.75) is 52.5 Å². The van der Waals surface area contributed by atoms with Gasteiger partial charge in [0.15, 0.2) is 0 Å². The minimum Gasteiger partial charge on any atom is -0.303 e. The zero-order valence-corrected chi connectivity index (χ0v) is 10.6. The lowest BCUT2D eigenvalue weighted by atomic mass is 9.58. The van der Waals surface area contributed by atoms with E-state index < -0.39 is 0 Å². The minimum absolute atomic E-state index is 0.378. The Kier molecular flexibility index (Phi) is 1.91. The molecule has 1 nitrogen and oxygen atoms in total. The smallest absolute Gasteiger partial charge is 0.0282 e. The minimum atomic E-state index is 0.378. The highest BCUT2D eigenvalue weighted by Gasteiger charge is 2.67. The number of hydrogen-bond donors (Lipinski definition) is 0. The first-order chi connectivity index (χ1) is 6.26. The largest absolute Gasteiger partial charge is 0.303 e. The molecule has 0 aliphatic heterocycles. The molecule has 0 aromatic rings. The van der Waals surface area contributed by atoms with E-state index in [4.69, 9.17) is 0 Å². The lowest BCUT2D eigenvalue weighted by Gasteiger charge is -2.56. The van der Waals surface area contributed by atoms with E-state index in [1.165, 1.54) is 19.3 Å². The first-order valence-electron chi connectivity index (χ1n) is 5.93. The van der Waals surface area contributed by atoms with E-state index in [2.05, 4.69) is 46.7 Å². The second-order valence-electron chi connectivity index (χ2n) is 6.69. The number of hydrogen-bond acceptors (Lipinski definition) is 1. The van der Waals surface area contributed by atoms with Gasteiger partial charge in [-0.3, -0.25) is 0 Å². The van der Waals surface area contributed by atoms with E-state index in [1.54, 1.807) is 0 Å². The molecule has 1 heteroatoms. The van der Waals surface area contributed by atoms with E-state index in [9.17, 15) is 0 Å². The van der Waals surface area contributed by atoms with Crippen LogP contribution in [0.15, 0.2) is 0 Å². The quantitative estimate of drug-likeness (QED) is 0.621. The summed E-state index contributed by atoms with van der Waals surface area (Å²) in [5.41, 5.74) is 1.40. The lowest BCUT2D eigenvalue weighted by Crippen LogP contribution is -2.60. The summed E-state index contributed by atoms with van der Waals surface area (Å²) < 4.78 is 0. The van der Waals surface area contributed by atoms with Gasteiger partial charge in [0.25, 0.3) is 0 Å². The Morgan fingerprint density at radius 2 is 1.64 bits per heavy atom. The molecule has 0 spiro atoms. The molecule has 14 heavy (non-hydrogen) atoms.